The summed E-state index contributed by atoms with van der Waals surface area (Å²) in [7, 11) is 1.33. The molecule has 0 saturated carbocycles. The highest BCUT2D eigenvalue weighted by atomic mass is 16.5. The van der Waals surface area contributed by atoms with Gasteiger partial charge in [-0.05, 0) is 13.0 Å². The Hall–Kier alpha value is -1.71. The summed E-state index contributed by atoms with van der Waals surface area (Å²) in [5.41, 5.74) is 1.37. The second-order valence-corrected chi connectivity index (χ2v) is 3.47. The van der Waals surface area contributed by atoms with E-state index in [0.717, 1.165) is 5.56 Å². The molecule has 0 unspecified atom stereocenters. The average Bonchev–Trinajstić information content (AvgIpc) is 2.14. The van der Waals surface area contributed by atoms with Gasteiger partial charge in [0.25, 0.3) is 0 Å². The van der Waals surface area contributed by atoms with Gasteiger partial charge in [-0.2, -0.15) is 4.57 Å². The molecule has 0 saturated heterocycles. The molecule has 0 bridgehead atoms. The zero-order chi connectivity index (χ0) is 11.4. The van der Waals surface area contributed by atoms with Crippen molar-refractivity contribution in [1.82, 2.24) is 0 Å². The Kier molecular flexibility index (Phi) is 3.55. The van der Waals surface area contributed by atoms with Crippen LogP contribution in [0.2, 0.25) is 0 Å². The molecule has 0 aliphatic heterocycles. The van der Waals surface area contributed by atoms with Gasteiger partial charge in [0.05, 0.1) is 7.11 Å². The summed E-state index contributed by atoms with van der Waals surface area (Å²) < 4.78 is 6.30. The molecular weight excluding hydrogens is 194 g/mol. The van der Waals surface area contributed by atoms with Crippen molar-refractivity contribution in [2.24, 2.45) is 0 Å². The Morgan fingerprint density at radius 1 is 1.40 bits per heavy atom. The molecule has 0 aliphatic rings. The SMILES string of the molecule is COC(=O)c1cc(C)c[n+](CC(C)=O)c1. The van der Waals surface area contributed by atoms with E-state index in [1.165, 1.54) is 14.0 Å². The highest BCUT2D eigenvalue weighted by Gasteiger charge is 2.13. The van der Waals surface area contributed by atoms with Gasteiger partial charge >= 0.3 is 5.97 Å². The smallest absolute Gasteiger partial charge is 0.343 e. The first-order valence-corrected chi connectivity index (χ1v) is 4.61. The third-order valence-corrected chi connectivity index (χ3v) is 1.88. The molecule has 0 aromatic carbocycles. The summed E-state index contributed by atoms with van der Waals surface area (Å²) in [5.74, 6) is -0.350. The van der Waals surface area contributed by atoms with Crippen molar-refractivity contribution >= 4 is 11.8 Å². The molecule has 0 fully saturated rings. The van der Waals surface area contributed by atoms with E-state index in [0.29, 0.717) is 5.56 Å². The van der Waals surface area contributed by atoms with E-state index in [4.69, 9.17) is 0 Å². The summed E-state index contributed by atoms with van der Waals surface area (Å²) in [6.07, 6.45) is 3.42. The van der Waals surface area contributed by atoms with E-state index >= 15 is 0 Å². The fraction of sp³-hybridized carbons (Fsp3) is 0.364. The molecule has 0 aliphatic carbocycles. The molecule has 0 N–H and O–H groups in total. The fourth-order valence-electron chi connectivity index (χ4n) is 1.38. The van der Waals surface area contributed by atoms with Gasteiger partial charge in [-0.1, -0.05) is 0 Å². The monoisotopic (exact) mass is 208 g/mol. The zero-order valence-corrected chi connectivity index (χ0v) is 9.11. The number of hydrogen-bond acceptors (Lipinski definition) is 3. The lowest BCUT2D eigenvalue weighted by Gasteiger charge is -2.00. The van der Waals surface area contributed by atoms with Crippen molar-refractivity contribution in [3.63, 3.8) is 0 Å². The summed E-state index contributed by atoms with van der Waals surface area (Å²) in [6.45, 7) is 3.64. The number of ketones is 1. The number of ether oxygens (including phenoxy) is 1. The summed E-state index contributed by atoms with van der Waals surface area (Å²) in [5, 5.41) is 0. The molecule has 1 rings (SSSR count). The highest BCUT2D eigenvalue weighted by molar-refractivity contribution is 5.88. The largest absolute Gasteiger partial charge is 0.465 e. The van der Waals surface area contributed by atoms with Crippen molar-refractivity contribution in [3.05, 3.63) is 29.6 Å². The van der Waals surface area contributed by atoms with Crippen LogP contribution in [0.15, 0.2) is 18.5 Å². The molecule has 1 aromatic heterocycles. The van der Waals surface area contributed by atoms with Crippen molar-refractivity contribution in [2.45, 2.75) is 20.4 Å². The van der Waals surface area contributed by atoms with Crippen LogP contribution in [0.5, 0.6) is 0 Å². The van der Waals surface area contributed by atoms with Crippen LogP contribution in [-0.2, 0) is 16.1 Å². The van der Waals surface area contributed by atoms with E-state index < -0.39 is 5.97 Å². The van der Waals surface area contributed by atoms with Gasteiger partial charge < -0.3 is 4.74 Å². The van der Waals surface area contributed by atoms with Crippen molar-refractivity contribution in [3.8, 4) is 0 Å². The number of Topliss-reactive ketones (excluding diaryl/α,β-unsaturated/α-hetero) is 1. The molecular formula is C11H14NO3+. The molecule has 0 spiro atoms. The second-order valence-electron chi connectivity index (χ2n) is 3.47. The van der Waals surface area contributed by atoms with Crippen molar-refractivity contribution < 1.29 is 18.9 Å². The maximum atomic E-state index is 11.3. The number of rotatable bonds is 3. The van der Waals surface area contributed by atoms with Crippen LogP contribution in [-0.4, -0.2) is 18.9 Å². The van der Waals surface area contributed by atoms with Gasteiger partial charge in [0, 0.05) is 12.5 Å². The summed E-state index contributed by atoms with van der Waals surface area (Å²) in [6, 6.07) is 1.72. The van der Waals surface area contributed by atoms with Gasteiger partial charge in [0.1, 0.15) is 5.56 Å². The fourth-order valence-corrected chi connectivity index (χ4v) is 1.38. The van der Waals surface area contributed by atoms with Gasteiger partial charge in [-0.25, -0.2) is 4.79 Å². The number of aryl methyl sites for hydroxylation is 1. The van der Waals surface area contributed by atoms with Crippen LogP contribution < -0.4 is 4.57 Å². The number of nitrogens with zero attached hydrogens (tertiary/aromatic N) is 1. The first-order valence-electron chi connectivity index (χ1n) is 4.61. The van der Waals surface area contributed by atoms with E-state index in [1.54, 1.807) is 16.8 Å². The van der Waals surface area contributed by atoms with Crippen molar-refractivity contribution in [1.29, 1.82) is 0 Å². The van der Waals surface area contributed by atoms with Gasteiger partial charge in [0.2, 0.25) is 6.54 Å². The van der Waals surface area contributed by atoms with Gasteiger partial charge in [-0.15, -0.1) is 0 Å². The summed E-state index contributed by atoms with van der Waals surface area (Å²) in [4.78, 5) is 22.2. The van der Waals surface area contributed by atoms with Crippen LogP contribution >= 0.6 is 0 Å². The number of pyridine rings is 1. The topological polar surface area (TPSA) is 47.2 Å². The molecule has 4 nitrogen and oxygen atoms in total. The molecule has 0 atom stereocenters. The maximum Gasteiger partial charge on any atom is 0.343 e. The number of hydrogen-bond donors (Lipinski definition) is 0. The van der Waals surface area contributed by atoms with Crippen molar-refractivity contribution in [2.75, 3.05) is 7.11 Å². The minimum Gasteiger partial charge on any atom is -0.465 e. The van der Waals surface area contributed by atoms with Crippen LogP contribution in [0.4, 0.5) is 0 Å². The third-order valence-electron chi connectivity index (χ3n) is 1.88. The average molecular weight is 208 g/mol. The molecule has 15 heavy (non-hydrogen) atoms. The first kappa shape index (κ1) is 11.4. The van der Waals surface area contributed by atoms with E-state index in [9.17, 15) is 9.59 Å². The normalized spacial score (nSPS) is 9.80. The molecule has 80 valence electrons. The predicted molar refractivity (Wildman–Crippen MR) is 53.4 cm³/mol. The first-order chi connectivity index (χ1) is 7.02. The Labute approximate surface area is 88.5 Å². The Morgan fingerprint density at radius 2 is 2.07 bits per heavy atom. The lowest BCUT2D eigenvalue weighted by molar-refractivity contribution is -0.684. The Bertz CT molecular complexity index is 399. The Morgan fingerprint density at radius 3 is 2.60 bits per heavy atom. The predicted octanol–water partition coefficient (Wildman–Crippen LogP) is 0.658. The number of carbonyl (C=O) groups excluding carboxylic acids is 2. The molecule has 1 aromatic rings. The summed E-state index contributed by atoms with van der Waals surface area (Å²) >= 11 is 0. The van der Waals surface area contributed by atoms with E-state index in [2.05, 4.69) is 4.74 Å². The molecule has 1 heterocycles. The maximum absolute atomic E-state index is 11.3. The van der Waals surface area contributed by atoms with Crippen LogP contribution in [0.1, 0.15) is 22.8 Å². The number of esters is 1. The Balaban J connectivity index is 3.04. The third kappa shape index (κ3) is 3.16. The minimum absolute atomic E-state index is 0.0430. The van der Waals surface area contributed by atoms with Crippen LogP contribution in [0.3, 0.4) is 0 Å². The minimum atomic E-state index is -0.393. The molecule has 4 heteroatoms. The number of aromatic nitrogens is 1. The van der Waals surface area contributed by atoms with Crippen LogP contribution in [0.25, 0.3) is 0 Å². The van der Waals surface area contributed by atoms with E-state index in [1.807, 2.05) is 13.1 Å². The zero-order valence-electron chi connectivity index (χ0n) is 9.11. The standard InChI is InChI=1S/C11H14NO3/c1-8-4-10(11(14)15-3)7-12(5-8)6-9(2)13/h4-5,7H,6H2,1-3H3/q+1. The van der Waals surface area contributed by atoms with Gasteiger partial charge in [-0.3, -0.25) is 4.79 Å². The van der Waals surface area contributed by atoms with E-state index in [-0.39, 0.29) is 12.3 Å². The number of carbonyl (C=O) groups is 2. The van der Waals surface area contributed by atoms with Gasteiger partial charge in [0.15, 0.2) is 18.2 Å². The number of methoxy groups -OCH3 is 1. The quantitative estimate of drug-likeness (QED) is 0.541. The van der Waals surface area contributed by atoms with Crippen LogP contribution in [0, 0.1) is 6.92 Å². The molecule has 0 radical (unpaired) electrons. The lowest BCUT2D eigenvalue weighted by Crippen LogP contribution is -2.37. The molecule has 0 amide bonds. The lowest BCUT2D eigenvalue weighted by atomic mass is 10.2. The second kappa shape index (κ2) is 4.68. The highest BCUT2D eigenvalue weighted by Crippen LogP contribution is 2.01.